The second-order valence-corrected chi connectivity index (χ2v) is 6.56. The summed E-state index contributed by atoms with van der Waals surface area (Å²) in [7, 11) is 0. The summed E-state index contributed by atoms with van der Waals surface area (Å²) in [5.74, 6) is 0.999. The summed E-state index contributed by atoms with van der Waals surface area (Å²) < 4.78 is 1.82. The topological polar surface area (TPSA) is 59.8 Å². The van der Waals surface area contributed by atoms with Gasteiger partial charge in [0.05, 0.1) is 23.0 Å². The minimum absolute atomic E-state index is 0.158. The first-order valence-electron chi connectivity index (χ1n) is 8.15. The van der Waals surface area contributed by atoms with E-state index in [4.69, 9.17) is 0 Å². The zero-order valence-electron chi connectivity index (χ0n) is 14.5. The highest BCUT2D eigenvalue weighted by Crippen LogP contribution is 2.19. The predicted octanol–water partition coefficient (Wildman–Crippen LogP) is 3.96. The molecule has 1 aromatic carbocycles. The molecule has 0 saturated heterocycles. The Hall–Kier alpha value is -2.69. The van der Waals surface area contributed by atoms with Gasteiger partial charge in [-0.2, -0.15) is 5.10 Å². The van der Waals surface area contributed by atoms with Crippen LogP contribution in [0.1, 0.15) is 35.5 Å². The van der Waals surface area contributed by atoms with Crippen LogP contribution in [0.15, 0.2) is 36.5 Å². The molecule has 24 heavy (non-hydrogen) atoms. The Morgan fingerprint density at radius 2 is 2.00 bits per heavy atom. The van der Waals surface area contributed by atoms with Crippen molar-refractivity contribution in [2.45, 2.75) is 34.2 Å². The monoisotopic (exact) mass is 322 g/mol. The van der Waals surface area contributed by atoms with E-state index >= 15 is 0 Å². The molecule has 0 atom stereocenters. The molecule has 0 spiro atoms. The molecule has 5 heteroatoms. The van der Waals surface area contributed by atoms with E-state index in [1.54, 1.807) is 6.20 Å². The maximum absolute atomic E-state index is 12.7. The van der Waals surface area contributed by atoms with Crippen LogP contribution in [0.3, 0.4) is 0 Å². The van der Waals surface area contributed by atoms with Crippen molar-refractivity contribution in [3.05, 3.63) is 53.3 Å². The molecule has 3 rings (SSSR count). The largest absolute Gasteiger partial charge is 0.307 e. The number of amides is 1. The minimum atomic E-state index is -0.158. The zero-order chi connectivity index (χ0) is 17.3. The van der Waals surface area contributed by atoms with Crippen molar-refractivity contribution in [1.82, 2.24) is 14.8 Å². The van der Waals surface area contributed by atoms with Crippen LogP contribution < -0.4 is 5.32 Å². The Morgan fingerprint density at radius 3 is 2.75 bits per heavy atom. The predicted molar refractivity (Wildman–Crippen MR) is 96.2 cm³/mol. The van der Waals surface area contributed by atoms with Crippen LogP contribution in [0.25, 0.3) is 10.9 Å². The lowest BCUT2D eigenvalue weighted by atomic mass is 10.1. The lowest BCUT2D eigenvalue weighted by Gasteiger charge is -2.12. The Labute approximate surface area is 141 Å². The van der Waals surface area contributed by atoms with Gasteiger partial charge in [0.25, 0.3) is 5.91 Å². The number of aromatic nitrogens is 3. The molecule has 0 aliphatic rings. The third kappa shape index (κ3) is 3.30. The zero-order valence-corrected chi connectivity index (χ0v) is 14.5. The lowest BCUT2D eigenvalue weighted by molar-refractivity contribution is 0.102. The van der Waals surface area contributed by atoms with Crippen molar-refractivity contribution >= 4 is 22.6 Å². The molecule has 0 radical (unpaired) electrons. The van der Waals surface area contributed by atoms with E-state index in [1.807, 2.05) is 48.9 Å². The number of fused-ring (bicyclic) bond motifs is 1. The van der Waals surface area contributed by atoms with E-state index in [2.05, 4.69) is 29.2 Å². The molecule has 1 amide bonds. The summed E-state index contributed by atoms with van der Waals surface area (Å²) in [5.41, 5.74) is 3.36. The van der Waals surface area contributed by atoms with Crippen molar-refractivity contribution in [2.75, 3.05) is 5.32 Å². The maximum Gasteiger partial charge on any atom is 0.258 e. The number of pyridine rings is 1. The van der Waals surface area contributed by atoms with Crippen molar-refractivity contribution < 1.29 is 4.79 Å². The van der Waals surface area contributed by atoms with Crippen LogP contribution in [-0.2, 0) is 6.54 Å². The molecular formula is C19H22N4O. The fraction of sp³-hybridized carbons (Fsp3) is 0.316. The fourth-order valence-electron chi connectivity index (χ4n) is 2.74. The summed E-state index contributed by atoms with van der Waals surface area (Å²) in [6, 6.07) is 9.77. The van der Waals surface area contributed by atoms with Gasteiger partial charge in [0.15, 0.2) is 0 Å². The number of nitrogens with zero attached hydrogens (tertiary/aromatic N) is 3. The van der Waals surface area contributed by atoms with E-state index in [0.717, 1.165) is 28.7 Å². The Kier molecular flexibility index (Phi) is 4.34. The third-order valence-corrected chi connectivity index (χ3v) is 3.90. The van der Waals surface area contributed by atoms with Crippen LogP contribution in [0.4, 0.5) is 5.82 Å². The second kappa shape index (κ2) is 6.43. The molecule has 5 nitrogen and oxygen atoms in total. The Bertz CT molecular complexity index is 896. The quantitative estimate of drug-likeness (QED) is 0.791. The minimum Gasteiger partial charge on any atom is -0.307 e. The van der Waals surface area contributed by atoms with Crippen LogP contribution in [0.5, 0.6) is 0 Å². The summed E-state index contributed by atoms with van der Waals surface area (Å²) >= 11 is 0. The molecule has 0 bridgehead atoms. The van der Waals surface area contributed by atoms with E-state index in [0.29, 0.717) is 17.3 Å². The molecule has 124 valence electrons. The maximum atomic E-state index is 12.7. The average molecular weight is 322 g/mol. The van der Waals surface area contributed by atoms with Crippen LogP contribution in [0.2, 0.25) is 0 Å². The summed E-state index contributed by atoms with van der Waals surface area (Å²) in [5, 5.41) is 8.20. The van der Waals surface area contributed by atoms with Gasteiger partial charge in [-0.05, 0) is 38.0 Å². The van der Waals surface area contributed by atoms with Gasteiger partial charge in [-0.25, -0.2) is 4.68 Å². The standard InChI is InChI=1S/C19H22N4O/c1-12(2)11-23-18(7-8-20-23)22-19(24)16-10-15-9-13(3)5-6-17(15)21-14(16)4/h5-10,12H,11H2,1-4H3,(H,22,24). The van der Waals surface area contributed by atoms with Gasteiger partial charge in [-0.1, -0.05) is 25.5 Å². The van der Waals surface area contributed by atoms with E-state index in [1.165, 1.54) is 0 Å². The molecule has 0 fully saturated rings. The number of aryl methyl sites for hydroxylation is 2. The molecule has 0 saturated carbocycles. The summed E-state index contributed by atoms with van der Waals surface area (Å²) in [6.45, 7) is 8.89. The smallest absolute Gasteiger partial charge is 0.258 e. The molecular weight excluding hydrogens is 300 g/mol. The lowest BCUT2D eigenvalue weighted by Crippen LogP contribution is -2.18. The van der Waals surface area contributed by atoms with Gasteiger partial charge in [0, 0.05) is 18.0 Å². The highest BCUT2D eigenvalue weighted by atomic mass is 16.1. The molecule has 0 aliphatic heterocycles. The average Bonchev–Trinajstić information content (AvgIpc) is 2.93. The highest BCUT2D eigenvalue weighted by molar-refractivity contribution is 6.06. The molecule has 0 unspecified atom stereocenters. The molecule has 2 aromatic heterocycles. The van der Waals surface area contributed by atoms with Gasteiger partial charge >= 0.3 is 0 Å². The molecule has 2 heterocycles. The Morgan fingerprint density at radius 1 is 1.21 bits per heavy atom. The Balaban J connectivity index is 1.91. The normalized spacial score (nSPS) is 11.2. The number of benzene rings is 1. The van der Waals surface area contributed by atoms with E-state index in [-0.39, 0.29) is 5.91 Å². The summed E-state index contributed by atoms with van der Waals surface area (Å²) in [4.78, 5) is 17.3. The van der Waals surface area contributed by atoms with Gasteiger partial charge < -0.3 is 5.32 Å². The van der Waals surface area contributed by atoms with Gasteiger partial charge in [-0.15, -0.1) is 0 Å². The highest BCUT2D eigenvalue weighted by Gasteiger charge is 2.14. The number of carbonyl (C=O) groups excluding carboxylic acids is 1. The van der Waals surface area contributed by atoms with Crippen molar-refractivity contribution in [3.63, 3.8) is 0 Å². The van der Waals surface area contributed by atoms with Crippen molar-refractivity contribution in [3.8, 4) is 0 Å². The fourth-order valence-corrected chi connectivity index (χ4v) is 2.74. The van der Waals surface area contributed by atoms with Crippen molar-refractivity contribution in [1.29, 1.82) is 0 Å². The second-order valence-electron chi connectivity index (χ2n) is 6.56. The molecule has 1 N–H and O–H groups in total. The van der Waals surface area contributed by atoms with E-state index < -0.39 is 0 Å². The van der Waals surface area contributed by atoms with Crippen molar-refractivity contribution in [2.24, 2.45) is 5.92 Å². The van der Waals surface area contributed by atoms with Gasteiger partial charge in [0.1, 0.15) is 5.82 Å². The van der Waals surface area contributed by atoms with E-state index in [9.17, 15) is 4.79 Å². The first kappa shape index (κ1) is 16.2. The number of rotatable bonds is 4. The number of hydrogen-bond donors (Lipinski definition) is 1. The summed E-state index contributed by atoms with van der Waals surface area (Å²) in [6.07, 6.45) is 1.70. The van der Waals surface area contributed by atoms with Gasteiger partial charge in [0.2, 0.25) is 0 Å². The number of anilines is 1. The van der Waals surface area contributed by atoms with Crippen LogP contribution >= 0.6 is 0 Å². The third-order valence-electron chi connectivity index (χ3n) is 3.90. The van der Waals surface area contributed by atoms with Gasteiger partial charge in [-0.3, -0.25) is 9.78 Å². The first-order valence-corrected chi connectivity index (χ1v) is 8.15. The van der Waals surface area contributed by atoms with Crippen LogP contribution in [0, 0.1) is 19.8 Å². The first-order chi connectivity index (χ1) is 11.4. The number of carbonyl (C=O) groups is 1. The SMILES string of the molecule is Cc1ccc2nc(C)c(C(=O)Nc3ccnn3CC(C)C)cc2c1. The number of hydrogen-bond acceptors (Lipinski definition) is 3. The number of nitrogens with one attached hydrogen (secondary N) is 1. The molecule has 0 aliphatic carbocycles. The molecule has 3 aromatic rings. The van der Waals surface area contributed by atoms with Crippen LogP contribution in [-0.4, -0.2) is 20.7 Å².